The van der Waals surface area contributed by atoms with Gasteiger partial charge in [-0.2, -0.15) is 5.10 Å². The highest BCUT2D eigenvalue weighted by Gasteiger charge is 2.19. The minimum Gasteiger partial charge on any atom is -0.508 e. The summed E-state index contributed by atoms with van der Waals surface area (Å²) in [5, 5.41) is 15.5. The predicted octanol–water partition coefficient (Wildman–Crippen LogP) is 3.31. The zero-order valence-electron chi connectivity index (χ0n) is 17.1. The number of para-hydroxylation sites is 1. The summed E-state index contributed by atoms with van der Waals surface area (Å²) in [5.41, 5.74) is 9.51. The van der Waals surface area contributed by atoms with Crippen molar-refractivity contribution in [3.05, 3.63) is 73.1 Å². The van der Waals surface area contributed by atoms with Crippen LogP contribution < -0.4 is 10.6 Å². The van der Waals surface area contributed by atoms with Crippen molar-refractivity contribution in [2.24, 2.45) is 0 Å². The first-order valence-corrected chi connectivity index (χ1v) is 9.75. The number of anilines is 2. The molecule has 2 aromatic heterocycles. The molecule has 0 aliphatic rings. The second kappa shape index (κ2) is 8.27. The van der Waals surface area contributed by atoms with Crippen LogP contribution in [-0.4, -0.2) is 37.3 Å². The number of nitrogens with zero attached hydrogens (tertiary/aromatic N) is 5. The molecule has 2 aromatic carbocycles. The average Bonchev–Trinajstić information content (AvgIpc) is 3.16. The van der Waals surface area contributed by atoms with Crippen LogP contribution in [0, 0.1) is 6.92 Å². The fourth-order valence-corrected chi connectivity index (χ4v) is 3.42. The van der Waals surface area contributed by atoms with Gasteiger partial charge in [-0.3, -0.25) is 4.79 Å². The Morgan fingerprint density at radius 2 is 2.00 bits per heavy atom. The van der Waals surface area contributed by atoms with Gasteiger partial charge in [0.25, 0.3) is 0 Å². The number of aryl methyl sites for hydroxylation is 1. The number of aromatic nitrogens is 4. The van der Waals surface area contributed by atoms with Crippen molar-refractivity contribution in [3.63, 3.8) is 0 Å². The molecule has 4 aromatic rings. The maximum atomic E-state index is 12.5. The molecule has 0 fully saturated rings. The Balaban J connectivity index is 1.74. The Hall–Kier alpha value is -4.20. The summed E-state index contributed by atoms with van der Waals surface area (Å²) in [6.07, 6.45) is 2.67. The molecule has 0 unspecified atom stereocenters. The number of hydrogen-bond donors (Lipinski definition) is 2. The van der Waals surface area contributed by atoms with E-state index in [-0.39, 0.29) is 11.7 Å². The lowest BCUT2D eigenvalue weighted by molar-refractivity contribution is -0.114. The molecule has 0 atom stereocenters. The first-order chi connectivity index (χ1) is 15.0. The van der Waals surface area contributed by atoms with Gasteiger partial charge in [-0.25, -0.2) is 14.6 Å². The first-order valence-electron chi connectivity index (χ1n) is 9.75. The zero-order chi connectivity index (χ0) is 22.0. The predicted molar refractivity (Wildman–Crippen MR) is 121 cm³/mol. The van der Waals surface area contributed by atoms with Crippen molar-refractivity contribution in [3.8, 4) is 17.0 Å². The summed E-state index contributed by atoms with van der Waals surface area (Å²) in [6, 6.07) is 14.7. The molecule has 31 heavy (non-hydrogen) atoms. The summed E-state index contributed by atoms with van der Waals surface area (Å²) in [7, 11) is 0. The van der Waals surface area contributed by atoms with Crippen LogP contribution in [0.15, 0.2) is 67.5 Å². The number of aromatic hydroxyl groups is 1. The lowest BCUT2D eigenvalue weighted by Gasteiger charge is -2.21. The van der Waals surface area contributed by atoms with Gasteiger partial charge in [-0.05, 0) is 36.8 Å². The number of nitrogen functional groups attached to an aromatic ring is 1. The van der Waals surface area contributed by atoms with Crippen LogP contribution in [0.4, 0.5) is 11.5 Å². The molecule has 0 radical (unpaired) electrons. The molecule has 2 heterocycles. The van der Waals surface area contributed by atoms with Crippen LogP contribution in [0.5, 0.6) is 5.75 Å². The average molecular weight is 414 g/mol. The lowest BCUT2D eigenvalue weighted by atomic mass is 10.1. The quantitative estimate of drug-likeness (QED) is 0.469. The molecule has 8 heteroatoms. The molecule has 0 saturated heterocycles. The van der Waals surface area contributed by atoms with Crippen LogP contribution in [-0.2, 0) is 11.3 Å². The second-order valence-corrected chi connectivity index (χ2v) is 7.06. The Morgan fingerprint density at radius 1 is 1.23 bits per heavy atom. The highest BCUT2D eigenvalue weighted by molar-refractivity contribution is 6.01. The van der Waals surface area contributed by atoms with E-state index in [1.165, 1.54) is 12.4 Å². The van der Waals surface area contributed by atoms with Crippen molar-refractivity contribution in [1.29, 1.82) is 0 Å². The molecule has 0 aliphatic heterocycles. The molecule has 1 amide bonds. The van der Waals surface area contributed by atoms with Gasteiger partial charge < -0.3 is 15.7 Å². The standard InChI is InChI=1S/C23H22N6O2/c1-3-19(31)28(17-7-5-4-6-8-17)11-12-29-23-20(22(24)25-14-26-23)21(27-29)16-10-9-15(2)18(30)13-16/h3-10,13-14,30H,1,11-12H2,2H3,(H2,24,25,26). The Bertz CT molecular complexity index is 1270. The third-order valence-corrected chi connectivity index (χ3v) is 5.09. The van der Waals surface area contributed by atoms with E-state index in [0.717, 1.165) is 11.3 Å². The van der Waals surface area contributed by atoms with E-state index in [9.17, 15) is 9.90 Å². The third kappa shape index (κ3) is 3.83. The van der Waals surface area contributed by atoms with Crippen molar-refractivity contribution in [2.45, 2.75) is 13.5 Å². The van der Waals surface area contributed by atoms with Crippen LogP contribution in [0.3, 0.4) is 0 Å². The number of phenolic OH excluding ortho intramolecular Hbond substituents is 1. The van der Waals surface area contributed by atoms with E-state index in [4.69, 9.17) is 10.8 Å². The van der Waals surface area contributed by atoms with E-state index >= 15 is 0 Å². The van der Waals surface area contributed by atoms with E-state index in [1.54, 1.807) is 15.6 Å². The van der Waals surface area contributed by atoms with Crippen LogP contribution in [0.2, 0.25) is 0 Å². The molecule has 8 nitrogen and oxygen atoms in total. The van der Waals surface area contributed by atoms with Crippen molar-refractivity contribution < 1.29 is 9.90 Å². The van der Waals surface area contributed by atoms with Gasteiger partial charge in [0.1, 0.15) is 23.6 Å². The van der Waals surface area contributed by atoms with Gasteiger partial charge in [0.2, 0.25) is 5.91 Å². The molecular weight excluding hydrogens is 392 g/mol. The Morgan fingerprint density at radius 3 is 2.71 bits per heavy atom. The maximum absolute atomic E-state index is 12.5. The summed E-state index contributed by atoms with van der Waals surface area (Å²) in [6.45, 7) is 6.16. The highest BCUT2D eigenvalue weighted by Crippen LogP contribution is 2.32. The van der Waals surface area contributed by atoms with Crippen LogP contribution in [0.1, 0.15) is 5.56 Å². The first kappa shape index (κ1) is 20.1. The molecule has 0 spiro atoms. The van der Waals surface area contributed by atoms with E-state index < -0.39 is 0 Å². The second-order valence-electron chi connectivity index (χ2n) is 7.06. The minimum absolute atomic E-state index is 0.169. The normalized spacial score (nSPS) is 10.9. The zero-order valence-corrected chi connectivity index (χ0v) is 17.1. The number of carbonyl (C=O) groups excluding carboxylic acids is 1. The van der Waals surface area contributed by atoms with Gasteiger partial charge in [0.05, 0.1) is 11.9 Å². The summed E-state index contributed by atoms with van der Waals surface area (Å²) < 4.78 is 1.70. The van der Waals surface area contributed by atoms with Crippen LogP contribution >= 0.6 is 0 Å². The molecule has 0 aliphatic carbocycles. The number of benzene rings is 2. The molecule has 0 saturated carbocycles. The van der Waals surface area contributed by atoms with Crippen molar-refractivity contribution in [2.75, 3.05) is 17.2 Å². The number of nitrogens with two attached hydrogens (primary N) is 1. The largest absolute Gasteiger partial charge is 0.508 e. The number of carbonyl (C=O) groups is 1. The maximum Gasteiger partial charge on any atom is 0.250 e. The Labute approximate surface area is 179 Å². The topological polar surface area (TPSA) is 110 Å². The number of fused-ring (bicyclic) bond motifs is 1. The van der Waals surface area contributed by atoms with Crippen molar-refractivity contribution >= 4 is 28.4 Å². The summed E-state index contributed by atoms with van der Waals surface area (Å²) in [4.78, 5) is 22.6. The molecule has 4 rings (SSSR count). The Kier molecular flexibility index (Phi) is 5.36. The van der Waals surface area contributed by atoms with Crippen LogP contribution in [0.25, 0.3) is 22.3 Å². The number of phenols is 1. The van der Waals surface area contributed by atoms with E-state index in [2.05, 4.69) is 16.5 Å². The van der Waals surface area contributed by atoms with Gasteiger partial charge in [0.15, 0.2) is 5.65 Å². The number of hydrogen-bond acceptors (Lipinski definition) is 6. The summed E-state index contributed by atoms with van der Waals surface area (Å²) >= 11 is 0. The highest BCUT2D eigenvalue weighted by atomic mass is 16.3. The molecule has 156 valence electrons. The van der Waals surface area contributed by atoms with Gasteiger partial charge in [-0.15, -0.1) is 0 Å². The lowest BCUT2D eigenvalue weighted by Crippen LogP contribution is -2.32. The molecule has 0 bridgehead atoms. The number of rotatable bonds is 6. The monoisotopic (exact) mass is 414 g/mol. The molecular formula is C23H22N6O2. The fourth-order valence-electron chi connectivity index (χ4n) is 3.42. The number of amides is 1. The third-order valence-electron chi connectivity index (χ3n) is 5.09. The molecule has 3 N–H and O–H groups in total. The smallest absolute Gasteiger partial charge is 0.250 e. The van der Waals surface area contributed by atoms with Gasteiger partial charge >= 0.3 is 0 Å². The summed E-state index contributed by atoms with van der Waals surface area (Å²) in [5.74, 6) is 0.260. The SMILES string of the molecule is C=CC(=O)N(CCn1nc(-c2ccc(C)c(O)c2)c2c(N)ncnc21)c1ccccc1. The van der Waals surface area contributed by atoms with E-state index in [1.807, 2.05) is 49.4 Å². The van der Waals surface area contributed by atoms with Gasteiger partial charge in [0, 0.05) is 17.8 Å². The van der Waals surface area contributed by atoms with Gasteiger partial charge in [-0.1, -0.05) is 36.9 Å². The minimum atomic E-state index is -0.208. The fraction of sp³-hybridized carbons (Fsp3) is 0.130. The van der Waals surface area contributed by atoms with E-state index in [0.29, 0.717) is 41.2 Å². The van der Waals surface area contributed by atoms with Crippen molar-refractivity contribution in [1.82, 2.24) is 19.7 Å².